The summed E-state index contributed by atoms with van der Waals surface area (Å²) in [5, 5.41) is 5.68. The van der Waals surface area contributed by atoms with Crippen LogP contribution in [0.5, 0.6) is 5.88 Å². The molecule has 1 N–H and O–H groups in total. The van der Waals surface area contributed by atoms with Gasteiger partial charge in [-0.15, -0.1) is 23.1 Å². The van der Waals surface area contributed by atoms with E-state index in [9.17, 15) is 18.0 Å². The van der Waals surface area contributed by atoms with Crippen LogP contribution in [0.1, 0.15) is 19.4 Å². The first-order valence-electron chi connectivity index (χ1n) is 12.7. The lowest BCUT2D eigenvalue weighted by Gasteiger charge is -2.37. The molecule has 1 saturated heterocycles. The van der Waals surface area contributed by atoms with E-state index in [1.165, 1.54) is 22.4 Å². The van der Waals surface area contributed by atoms with Crippen molar-refractivity contribution < 1.29 is 17.9 Å². The van der Waals surface area contributed by atoms with Crippen molar-refractivity contribution in [1.82, 2.24) is 19.9 Å². The second-order valence-corrected chi connectivity index (χ2v) is 12.5. The normalized spacial score (nSPS) is 21.4. The van der Waals surface area contributed by atoms with Crippen LogP contribution < -0.4 is 20.6 Å². The van der Waals surface area contributed by atoms with E-state index in [0.29, 0.717) is 50.4 Å². The van der Waals surface area contributed by atoms with E-state index in [-0.39, 0.29) is 30.0 Å². The molecule has 0 amide bonds. The van der Waals surface area contributed by atoms with E-state index in [2.05, 4.69) is 15.3 Å². The fourth-order valence-corrected chi connectivity index (χ4v) is 7.90. The Hall–Kier alpha value is -2.80. The molecule has 3 atom stereocenters. The first-order valence-corrected chi connectivity index (χ1v) is 15.0. The van der Waals surface area contributed by atoms with Gasteiger partial charge in [-0.25, -0.2) is 9.78 Å². The lowest BCUT2D eigenvalue weighted by molar-refractivity contribution is -0.137. The maximum atomic E-state index is 14.8. The smallest absolute Gasteiger partial charge is 0.417 e. The van der Waals surface area contributed by atoms with Gasteiger partial charge in [-0.3, -0.25) is 4.57 Å². The molecule has 0 spiro atoms. The standard InChI is InChI=1S/C27H25ClF3N5O2S2/c1-14-9-35(10-15(2)33-14)25-18-8-19(27(29,30)31)22(20-7-16(28)12-39-20)24-23(18)36(26(37)34-25)11-17(13-40-24)38-21-5-3-4-6-32-21/h3-8,12,14-15,17,33H,9-11,13H2,1-2H3/t14-,15+,17-/m0/s1. The minimum absolute atomic E-state index is 0.0210. The third kappa shape index (κ3) is 5.17. The maximum absolute atomic E-state index is 14.8. The van der Waals surface area contributed by atoms with Gasteiger partial charge in [0.15, 0.2) is 0 Å². The number of nitrogens with zero attached hydrogens (tertiary/aromatic N) is 4. The number of anilines is 1. The Morgan fingerprint density at radius 1 is 1.15 bits per heavy atom. The number of alkyl halides is 3. The number of thioether (sulfide) groups is 1. The third-order valence-corrected chi connectivity index (χ3v) is 9.42. The number of rotatable bonds is 4. The average molecular weight is 608 g/mol. The largest absolute Gasteiger partial charge is 0.472 e. The summed E-state index contributed by atoms with van der Waals surface area (Å²) in [5.74, 6) is 0.943. The third-order valence-electron chi connectivity index (χ3n) is 6.90. The molecule has 1 fully saturated rings. The maximum Gasteiger partial charge on any atom is 0.417 e. The van der Waals surface area contributed by atoms with Crippen LogP contribution in [-0.4, -0.2) is 51.6 Å². The molecule has 13 heteroatoms. The zero-order chi connectivity index (χ0) is 28.2. The molecule has 0 radical (unpaired) electrons. The van der Waals surface area contributed by atoms with Crippen LogP contribution in [0.2, 0.25) is 5.02 Å². The highest BCUT2D eigenvalue weighted by Crippen LogP contribution is 2.49. The predicted molar refractivity (Wildman–Crippen MR) is 153 cm³/mol. The molecule has 2 aliphatic rings. The number of benzene rings is 1. The number of thiophene rings is 1. The lowest BCUT2D eigenvalue weighted by atomic mass is 10.0. The van der Waals surface area contributed by atoms with Crippen LogP contribution in [0.25, 0.3) is 21.3 Å². The van der Waals surface area contributed by atoms with Crippen molar-refractivity contribution in [2.24, 2.45) is 0 Å². The van der Waals surface area contributed by atoms with Gasteiger partial charge in [0.25, 0.3) is 0 Å². The molecule has 0 saturated carbocycles. The number of nitrogens with one attached hydrogen (secondary N) is 1. The van der Waals surface area contributed by atoms with Crippen molar-refractivity contribution in [3.63, 3.8) is 0 Å². The summed E-state index contributed by atoms with van der Waals surface area (Å²) in [6.07, 6.45) is -3.59. The molecule has 0 aliphatic carbocycles. The van der Waals surface area contributed by atoms with Gasteiger partial charge in [0, 0.05) is 69.3 Å². The number of pyridine rings is 1. The van der Waals surface area contributed by atoms with Crippen molar-refractivity contribution >= 4 is 51.4 Å². The van der Waals surface area contributed by atoms with E-state index in [0.717, 1.165) is 17.4 Å². The topological polar surface area (TPSA) is 72.3 Å². The summed E-state index contributed by atoms with van der Waals surface area (Å²) in [5.41, 5.74) is -0.865. The highest BCUT2D eigenvalue weighted by molar-refractivity contribution is 7.99. The zero-order valence-electron chi connectivity index (χ0n) is 21.5. The average Bonchev–Trinajstić information content (AvgIpc) is 3.23. The Kier molecular flexibility index (Phi) is 7.22. The molecule has 210 valence electrons. The lowest BCUT2D eigenvalue weighted by Crippen LogP contribution is -2.55. The van der Waals surface area contributed by atoms with Gasteiger partial charge in [0.2, 0.25) is 5.88 Å². The number of hydrogen-bond acceptors (Lipinski definition) is 8. The van der Waals surface area contributed by atoms with Crippen LogP contribution in [-0.2, 0) is 12.7 Å². The van der Waals surface area contributed by atoms with E-state index in [1.54, 1.807) is 29.8 Å². The number of halogens is 4. The van der Waals surface area contributed by atoms with Crippen LogP contribution >= 0.6 is 34.7 Å². The Balaban J connectivity index is 1.62. The van der Waals surface area contributed by atoms with E-state index < -0.39 is 23.5 Å². The SMILES string of the molecule is C[C@@H]1CN(c2nc(=O)n3c4c(c(-c5cc(Cl)cs5)c(C(F)(F)F)cc24)SC[C@@H](Oc2ccccn2)C3)C[C@H](C)N1. The van der Waals surface area contributed by atoms with E-state index in [1.807, 2.05) is 18.7 Å². The molecular weight excluding hydrogens is 583 g/mol. The second kappa shape index (κ2) is 10.6. The summed E-state index contributed by atoms with van der Waals surface area (Å²) in [7, 11) is 0. The zero-order valence-corrected chi connectivity index (χ0v) is 23.9. The van der Waals surface area contributed by atoms with Gasteiger partial charge in [-0.05, 0) is 32.0 Å². The van der Waals surface area contributed by atoms with Crippen molar-refractivity contribution in [2.45, 2.75) is 49.7 Å². The summed E-state index contributed by atoms with van der Waals surface area (Å²) < 4.78 is 51.8. The number of hydrogen-bond donors (Lipinski definition) is 1. The van der Waals surface area contributed by atoms with Crippen LogP contribution in [0.3, 0.4) is 0 Å². The molecule has 3 aromatic heterocycles. The number of aromatic nitrogens is 3. The Morgan fingerprint density at radius 3 is 2.58 bits per heavy atom. The molecule has 6 rings (SSSR count). The van der Waals surface area contributed by atoms with Gasteiger partial charge >= 0.3 is 11.9 Å². The van der Waals surface area contributed by atoms with Gasteiger partial charge in [0.05, 0.1) is 22.6 Å². The first-order chi connectivity index (χ1) is 19.1. The minimum atomic E-state index is -4.66. The van der Waals surface area contributed by atoms with Gasteiger partial charge in [-0.1, -0.05) is 17.7 Å². The molecule has 0 bridgehead atoms. The quantitative estimate of drug-likeness (QED) is 0.308. The van der Waals surface area contributed by atoms with Crippen molar-refractivity contribution in [3.8, 4) is 16.3 Å². The van der Waals surface area contributed by atoms with Crippen molar-refractivity contribution in [2.75, 3.05) is 23.7 Å². The van der Waals surface area contributed by atoms with Crippen LogP contribution in [0, 0.1) is 0 Å². The van der Waals surface area contributed by atoms with Crippen LogP contribution in [0.4, 0.5) is 19.0 Å². The fourth-order valence-electron chi connectivity index (χ4n) is 5.45. The fraction of sp³-hybridized carbons (Fsp3) is 0.370. The monoisotopic (exact) mass is 607 g/mol. The summed E-state index contributed by atoms with van der Waals surface area (Å²) in [6, 6.07) is 8.07. The van der Waals surface area contributed by atoms with Gasteiger partial charge in [-0.2, -0.15) is 18.2 Å². The second-order valence-electron chi connectivity index (χ2n) is 10.1. The Bertz CT molecular complexity index is 1620. The van der Waals surface area contributed by atoms with Crippen molar-refractivity contribution in [3.05, 3.63) is 63.0 Å². The van der Waals surface area contributed by atoms with Gasteiger partial charge < -0.3 is 15.0 Å². The molecule has 40 heavy (non-hydrogen) atoms. The Labute approximate surface area is 241 Å². The van der Waals surface area contributed by atoms with E-state index in [4.69, 9.17) is 16.3 Å². The molecule has 1 aromatic carbocycles. The number of piperazine rings is 1. The highest BCUT2D eigenvalue weighted by atomic mass is 35.5. The van der Waals surface area contributed by atoms with E-state index >= 15 is 0 Å². The Morgan fingerprint density at radius 2 is 1.93 bits per heavy atom. The molecule has 0 unspecified atom stereocenters. The molecule has 4 aromatic rings. The summed E-state index contributed by atoms with van der Waals surface area (Å²) in [6.45, 7) is 5.13. The molecule has 7 nitrogen and oxygen atoms in total. The highest BCUT2D eigenvalue weighted by Gasteiger charge is 2.39. The molecule has 2 aliphatic heterocycles. The minimum Gasteiger partial charge on any atom is -0.472 e. The number of ether oxygens (including phenoxy) is 1. The van der Waals surface area contributed by atoms with Crippen molar-refractivity contribution in [1.29, 1.82) is 0 Å². The van der Waals surface area contributed by atoms with Crippen LogP contribution in [0.15, 0.2) is 51.6 Å². The van der Waals surface area contributed by atoms with Gasteiger partial charge in [0.1, 0.15) is 11.9 Å². The molecular formula is C27H25ClF3N5O2S2. The predicted octanol–water partition coefficient (Wildman–Crippen LogP) is 5.93. The molecule has 5 heterocycles. The summed E-state index contributed by atoms with van der Waals surface area (Å²) >= 11 is 8.57. The summed E-state index contributed by atoms with van der Waals surface area (Å²) in [4.78, 5) is 24.9. The first kappa shape index (κ1) is 27.4.